The summed E-state index contributed by atoms with van der Waals surface area (Å²) in [6, 6.07) is 8.44. The first kappa shape index (κ1) is 10.7. The predicted molar refractivity (Wildman–Crippen MR) is 61.9 cm³/mol. The Balaban J connectivity index is 2.03. The molecule has 1 aromatic carbocycles. The SMILES string of the molecule is Cc1ccc(CC2(O)CCCNC2)cc1. The average Bonchev–Trinajstić information content (AvgIpc) is 2.22. The fourth-order valence-electron chi connectivity index (χ4n) is 2.19. The van der Waals surface area contributed by atoms with Crippen LogP contribution in [0.2, 0.25) is 0 Å². The standard InChI is InChI=1S/C13H19NO/c1-11-3-5-12(6-4-11)9-13(15)7-2-8-14-10-13/h3-6,14-15H,2,7-10H2,1H3. The maximum absolute atomic E-state index is 10.3. The van der Waals surface area contributed by atoms with E-state index in [-0.39, 0.29) is 0 Å². The van der Waals surface area contributed by atoms with Crippen LogP contribution in [0.4, 0.5) is 0 Å². The van der Waals surface area contributed by atoms with Gasteiger partial charge in [0.2, 0.25) is 0 Å². The van der Waals surface area contributed by atoms with Crippen molar-refractivity contribution in [2.45, 2.75) is 31.8 Å². The van der Waals surface area contributed by atoms with Crippen LogP contribution in [0.25, 0.3) is 0 Å². The third-order valence-electron chi connectivity index (χ3n) is 3.10. The predicted octanol–water partition coefficient (Wildman–Crippen LogP) is 1.65. The van der Waals surface area contributed by atoms with E-state index in [4.69, 9.17) is 0 Å². The second-order valence-corrected chi connectivity index (χ2v) is 4.67. The summed E-state index contributed by atoms with van der Waals surface area (Å²) < 4.78 is 0. The highest BCUT2D eigenvalue weighted by molar-refractivity contribution is 5.23. The van der Waals surface area contributed by atoms with E-state index in [1.165, 1.54) is 11.1 Å². The monoisotopic (exact) mass is 205 g/mol. The van der Waals surface area contributed by atoms with Gasteiger partial charge in [0.1, 0.15) is 0 Å². The van der Waals surface area contributed by atoms with Gasteiger partial charge in [-0.05, 0) is 31.9 Å². The van der Waals surface area contributed by atoms with Gasteiger partial charge in [-0.2, -0.15) is 0 Å². The van der Waals surface area contributed by atoms with Gasteiger partial charge in [-0.25, -0.2) is 0 Å². The van der Waals surface area contributed by atoms with Gasteiger partial charge in [0.05, 0.1) is 5.60 Å². The fourth-order valence-corrected chi connectivity index (χ4v) is 2.19. The minimum absolute atomic E-state index is 0.534. The van der Waals surface area contributed by atoms with Crippen LogP contribution in [0.1, 0.15) is 24.0 Å². The minimum atomic E-state index is -0.534. The van der Waals surface area contributed by atoms with Gasteiger partial charge in [-0.1, -0.05) is 29.8 Å². The Hall–Kier alpha value is -0.860. The van der Waals surface area contributed by atoms with E-state index in [1.807, 2.05) is 0 Å². The molecule has 2 rings (SSSR count). The molecule has 1 fully saturated rings. The van der Waals surface area contributed by atoms with Crippen molar-refractivity contribution in [3.8, 4) is 0 Å². The summed E-state index contributed by atoms with van der Waals surface area (Å²) in [6.07, 6.45) is 2.75. The Morgan fingerprint density at radius 2 is 2.07 bits per heavy atom. The van der Waals surface area contributed by atoms with E-state index < -0.39 is 5.60 Å². The van der Waals surface area contributed by atoms with Gasteiger partial charge in [0.15, 0.2) is 0 Å². The molecular formula is C13H19NO. The molecule has 1 atom stereocenters. The zero-order chi connectivity index (χ0) is 10.7. The molecule has 15 heavy (non-hydrogen) atoms. The van der Waals surface area contributed by atoms with E-state index in [1.54, 1.807) is 0 Å². The van der Waals surface area contributed by atoms with Crippen LogP contribution in [0, 0.1) is 6.92 Å². The number of β-amino-alcohol motifs (C(OH)–C–C–N with tert-alkyl or cyclic N) is 1. The molecule has 2 N–H and O–H groups in total. The maximum Gasteiger partial charge on any atom is 0.0812 e. The highest BCUT2D eigenvalue weighted by Gasteiger charge is 2.28. The van der Waals surface area contributed by atoms with Crippen molar-refractivity contribution in [3.63, 3.8) is 0 Å². The van der Waals surface area contributed by atoms with Gasteiger partial charge in [0.25, 0.3) is 0 Å². The molecule has 0 aliphatic carbocycles. The summed E-state index contributed by atoms with van der Waals surface area (Å²) in [4.78, 5) is 0. The lowest BCUT2D eigenvalue weighted by Crippen LogP contribution is -2.47. The summed E-state index contributed by atoms with van der Waals surface area (Å²) in [7, 11) is 0. The molecule has 82 valence electrons. The Morgan fingerprint density at radius 3 is 2.67 bits per heavy atom. The lowest BCUT2D eigenvalue weighted by molar-refractivity contribution is 0.0169. The highest BCUT2D eigenvalue weighted by Crippen LogP contribution is 2.21. The zero-order valence-corrected chi connectivity index (χ0v) is 9.29. The summed E-state index contributed by atoms with van der Waals surface area (Å²) in [5, 5.41) is 13.6. The number of piperidine rings is 1. The number of hydrogen-bond donors (Lipinski definition) is 2. The Kier molecular flexibility index (Phi) is 3.08. The third kappa shape index (κ3) is 2.80. The van der Waals surface area contributed by atoms with Crippen molar-refractivity contribution in [1.82, 2.24) is 5.32 Å². The molecule has 0 bridgehead atoms. The number of aryl methyl sites for hydroxylation is 1. The van der Waals surface area contributed by atoms with Gasteiger partial charge >= 0.3 is 0 Å². The van der Waals surface area contributed by atoms with E-state index in [9.17, 15) is 5.11 Å². The van der Waals surface area contributed by atoms with Crippen LogP contribution in [0.3, 0.4) is 0 Å². The maximum atomic E-state index is 10.3. The fraction of sp³-hybridized carbons (Fsp3) is 0.538. The van der Waals surface area contributed by atoms with E-state index in [2.05, 4.69) is 36.5 Å². The lowest BCUT2D eigenvalue weighted by atomic mass is 9.87. The Labute approximate surface area is 91.3 Å². The van der Waals surface area contributed by atoms with Crippen molar-refractivity contribution in [3.05, 3.63) is 35.4 Å². The molecule has 1 heterocycles. The van der Waals surface area contributed by atoms with Gasteiger partial charge in [-0.15, -0.1) is 0 Å². The van der Waals surface area contributed by atoms with Crippen LogP contribution in [-0.2, 0) is 6.42 Å². The van der Waals surface area contributed by atoms with E-state index in [0.717, 1.165) is 32.4 Å². The lowest BCUT2D eigenvalue weighted by Gasteiger charge is -2.32. The highest BCUT2D eigenvalue weighted by atomic mass is 16.3. The molecule has 1 saturated heterocycles. The van der Waals surface area contributed by atoms with Crippen LogP contribution < -0.4 is 5.32 Å². The number of rotatable bonds is 2. The first-order valence-electron chi connectivity index (χ1n) is 5.67. The Bertz CT molecular complexity index is 312. The second kappa shape index (κ2) is 4.33. The van der Waals surface area contributed by atoms with Crippen molar-refractivity contribution in [2.75, 3.05) is 13.1 Å². The quantitative estimate of drug-likeness (QED) is 0.769. The molecule has 0 aromatic heterocycles. The van der Waals surface area contributed by atoms with Crippen LogP contribution in [0.15, 0.2) is 24.3 Å². The van der Waals surface area contributed by atoms with Crippen LogP contribution in [-0.4, -0.2) is 23.8 Å². The molecule has 0 spiro atoms. The topological polar surface area (TPSA) is 32.3 Å². The average molecular weight is 205 g/mol. The summed E-state index contributed by atoms with van der Waals surface area (Å²) in [6.45, 7) is 3.84. The van der Waals surface area contributed by atoms with Gasteiger partial charge < -0.3 is 10.4 Å². The number of nitrogens with one attached hydrogen (secondary N) is 1. The largest absolute Gasteiger partial charge is 0.388 e. The summed E-state index contributed by atoms with van der Waals surface area (Å²) in [5.74, 6) is 0. The number of hydrogen-bond acceptors (Lipinski definition) is 2. The van der Waals surface area contributed by atoms with E-state index >= 15 is 0 Å². The Morgan fingerprint density at radius 1 is 1.33 bits per heavy atom. The first-order chi connectivity index (χ1) is 7.18. The van der Waals surface area contributed by atoms with Crippen molar-refractivity contribution in [2.24, 2.45) is 0 Å². The van der Waals surface area contributed by atoms with Crippen molar-refractivity contribution >= 4 is 0 Å². The molecule has 0 amide bonds. The number of aliphatic hydroxyl groups is 1. The van der Waals surface area contributed by atoms with Crippen LogP contribution in [0.5, 0.6) is 0 Å². The van der Waals surface area contributed by atoms with Crippen molar-refractivity contribution < 1.29 is 5.11 Å². The molecule has 1 aromatic rings. The smallest absolute Gasteiger partial charge is 0.0812 e. The summed E-state index contributed by atoms with van der Waals surface area (Å²) >= 11 is 0. The second-order valence-electron chi connectivity index (χ2n) is 4.67. The molecule has 2 heteroatoms. The molecule has 0 radical (unpaired) electrons. The molecule has 1 aliphatic heterocycles. The molecule has 1 aliphatic rings. The van der Waals surface area contributed by atoms with Gasteiger partial charge in [0, 0.05) is 13.0 Å². The number of benzene rings is 1. The molecule has 2 nitrogen and oxygen atoms in total. The molecular weight excluding hydrogens is 186 g/mol. The first-order valence-corrected chi connectivity index (χ1v) is 5.67. The molecule has 0 saturated carbocycles. The minimum Gasteiger partial charge on any atom is -0.388 e. The normalized spacial score (nSPS) is 26.5. The zero-order valence-electron chi connectivity index (χ0n) is 9.29. The van der Waals surface area contributed by atoms with Crippen LogP contribution >= 0.6 is 0 Å². The van der Waals surface area contributed by atoms with Crippen molar-refractivity contribution in [1.29, 1.82) is 0 Å². The third-order valence-corrected chi connectivity index (χ3v) is 3.10. The van der Waals surface area contributed by atoms with Gasteiger partial charge in [-0.3, -0.25) is 0 Å². The van der Waals surface area contributed by atoms with E-state index in [0.29, 0.717) is 0 Å². The summed E-state index contributed by atoms with van der Waals surface area (Å²) in [5.41, 5.74) is 1.97. The molecule has 1 unspecified atom stereocenters.